The molecule has 1 aromatic carbocycles. The van der Waals surface area contributed by atoms with Gasteiger partial charge in [-0.05, 0) is 19.1 Å². The van der Waals surface area contributed by atoms with Gasteiger partial charge >= 0.3 is 12.0 Å². The van der Waals surface area contributed by atoms with Crippen LogP contribution in [0.25, 0.3) is 0 Å². The summed E-state index contributed by atoms with van der Waals surface area (Å²) in [5.41, 5.74) is 0.539. The zero-order valence-corrected chi connectivity index (χ0v) is 11.7. The predicted molar refractivity (Wildman–Crippen MR) is 74.4 cm³/mol. The Bertz CT molecular complexity index is 451. The van der Waals surface area contributed by atoms with E-state index in [1.165, 1.54) is 4.90 Å². The Hall–Kier alpha value is -1.75. The number of nitrogens with zero attached hydrogens (tertiary/aromatic N) is 1. The van der Waals surface area contributed by atoms with Gasteiger partial charge in [-0.2, -0.15) is 0 Å². The fourth-order valence-corrected chi connectivity index (χ4v) is 1.55. The van der Waals surface area contributed by atoms with Gasteiger partial charge in [0.25, 0.3) is 0 Å². The molecule has 6 heteroatoms. The van der Waals surface area contributed by atoms with Crippen LogP contribution in [0.3, 0.4) is 0 Å². The van der Waals surface area contributed by atoms with Gasteiger partial charge in [-0.15, -0.1) is 0 Å². The maximum absolute atomic E-state index is 11.8. The Morgan fingerprint density at radius 2 is 2.05 bits per heavy atom. The van der Waals surface area contributed by atoms with Crippen LogP contribution in [0.1, 0.15) is 13.3 Å². The number of benzene rings is 1. The van der Waals surface area contributed by atoms with Crippen LogP contribution in [0.4, 0.5) is 10.5 Å². The lowest BCUT2D eigenvalue weighted by Crippen LogP contribution is -2.33. The summed E-state index contributed by atoms with van der Waals surface area (Å²) in [6, 6.07) is 6.63. The van der Waals surface area contributed by atoms with Crippen LogP contribution in [0, 0.1) is 0 Å². The van der Waals surface area contributed by atoms with E-state index in [-0.39, 0.29) is 25.0 Å². The normalized spacial score (nSPS) is 9.84. The second-order valence-corrected chi connectivity index (χ2v) is 4.29. The molecule has 104 valence electrons. The Morgan fingerprint density at radius 3 is 2.68 bits per heavy atom. The van der Waals surface area contributed by atoms with Crippen molar-refractivity contribution in [3.05, 3.63) is 29.3 Å². The summed E-state index contributed by atoms with van der Waals surface area (Å²) < 4.78 is 4.79. The topological polar surface area (TPSA) is 58.6 Å². The summed E-state index contributed by atoms with van der Waals surface area (Å²) in [6.07, 6.45) is 0.167. The lowest BCUT2D eigenvalue weighted by atomic mass is 10.3. The van der Waals surface area contributed by atoms with Gasteiger partial charge in [0.15, 0.2) is 0 Å². The van der Waals surface area contributed by atoms with Gasteiger partial charge in [-0.3, -0.25) is 4.79 Å². The number of hydrogen-bond donors (Lipinski definition) is 1. The van der Waals surface area contributed by atoms with E-state index in [2.05, 4.69) is 5.32 Å². The molecule has 0 heterocycles. The van der Waals surface area contributed by atoms with Crippen molar-refractivity contribution in [3.63, 3.8) is 0 Å². The first-order chi connectivity index (χ1) is 9.04. The summed E-state index contributed by atoms with van der Waals surface area (Å²) in [5, 5.41) is 3.14. The molecule has 0 saturated heterocycles. The molecule has 0 unspecified atom stereocenters. The number of nitrogens with one attached hydrogen (secondary N) is 1. The average Bonchev–Trinajstić information content (AvgIpc) is 2.39. The van der Waals surface area contributed by atoms with Crippen molar-refractivity contribution in [2.45, 2.75) is 13.3 Å². The van der Waals surface area contributed by atoms with Gasteiger partial charge in [0.2, 0.25) is 0 Å². The van der Waals surface area contributed by atoms with Crippen molar-refractivity contribution in [1.82, 2.24) is 4.90 Å². The molecule has 1 N–H and O–H groups in total. The molecular weight excluding hydrogens is 268 g/mol. The fraction of sp³-hybridized carbons (Fsp3) is 0.385. The molecule has 0 atom stereocenters. The lowest BCUT2D eigenvalue weighted by molar-refractivity contribution is -0.143. The monoisotopic (exact) mass is 284 g/mol. The highest BCUT2D eigenvalue weighted by molar-refractivity contribution is 6.33. The van der Waals surface area contributed by atoms with E-state index >= 15 is 0 Å². The molecule has 0 aliphatic rings. The molecule has 0 aromatic heterocycles. The van der Waals surface area contributed by atoms with Gasteiger partial charge in [-0.1, -0.05) is 23.7 Å². The largest absolute Gasteiger partial charge is 0.466 e. The van der Waals surface area contributed by atoms with Crippen LogP contribution in [0.2, 0.25) is 5.02 Å². The van der Waals surface area contributed by atoms with E-state index in [0.717, 1.165) is 0 Å². The van der Waals surface area contributed by atoms with E-state index in [0.29, 0.717) is 17.3 Å². The minimum absolute atomic E-state index is 0.167. The minimum Gasteiger partial charge on any atom is -0.466 e. The Morgan fingerprint density at radius 1 is 1.37 bits per heavy atom. The molecule has 0 aliphatic heterocycles. The summed E-state index contributed by atoms with van der Waals surface area (Å²) in [4.78, 5) is 24.4. The van der Waals surface area contributed by atoms with Gasteiger partial charge in [0, 0.05) is 13.6 Å². The number of rotatable bonds is 5. The highest BCUT2D eigenvalue weighted by Gasteiger charge is 2.12. The second kappa shape index (κ2) is 7.63. The number of urea groups is 1. The molecule has 0 aliphatic carbocycles. The molecule has 2 amide bonds. The molecule has 1 rings (SSSR count). The van der Waals surface area contributed by atoms with E-state index in [9.17, 15) is 9.59 Å². The average molecular weight is 285 g/mol. The summed E-state index contributed by atoms with van der Waals surface area (Å²) >= 11 is 5.93. The third-order valence-corrected chi connectivity index (χ3v) is 2.75. The van der Waals surface area contributed by atoms with Crippen LogP contribution >= 0.6 is 11.6 Å². The Balaban J connectivity index is 2.45. The highest BCUT2D eigenvalue weighted by atomic mass is 35.5. The number of carbonyl (C=O) groups is 2. The lowest BCUT2D eigenvalue weighted by Gasteiger charge is -2.17. The molecule has 5 nitrogen and oxygen atoms in total. The smallest absolute Gasteiger partial charge is 0.321 e. The second-order valence-electron chi connectivity index (χ2n) is 3.89. The first-order valence-electron chi connectivity index (χ1n) is 5.97. The molecule has 0 fully saturated rings. The Labute approximate surface area is 117 Å². The Kier molecular flexibility index (Phi) is 6.15. The maximum Gasteiger partial charge on any atom is 0.321 e. The predicted octanol–water partition coefficient (Wildman–Crippen LogP) is 2.76. The molecule has 0 spiro atoms. The van der Waals surface area contributed by atoms with Crippen LogP contribution in [-0.4, -0.2) is 37.1 Å². The van der Waals surface area contributed by atoms with Gasteiger partial charge in [-0.25, -0.2) is 4.79 Å². The molecule has 0 bridgehead atoms. The molecule has 1 aromatic rings. The SMILES string of the molecule is CCOC(=O)CCN(C)C(=O)Nc1ccccc1Cl. The fourth-order valence-electron chi connectivity index (χ4n) is 1.37. The number of hydrogen-bond acceptors (Lipinski definition) is 3. The van der Waals surface area contributed by atoms with Crippen molar-refractivity contribution >= 4 is 29.3 Å². The van der Waals surface area contributed by atoms with Crippen LogP contribution in [0.5, 0.6) is 0 Å². The number of ether oxygens (including phenoxy) is 1. The maximum atomic E-state index is 11.8. The first-order valence-corrected chi connectivity index (χ1v) is 6.34. The van der Waals surface area contributed by atoms with E-state index in [1.54, 1.807) is 38.2 Å². The van der Waals surface area contributed by atoms with Crippen LogP contribution < -0.4 is 5.32 Å². The number of para-hydroxylation sites is 1. The number of amides is 2. The zero-order valence-electron chi connectivity index (χ0n) is 11.0. The van der Waals surface area contributed by atoms with E-state index < -0.39 is 0 Å². The third-order valence-electron chi connectivity index (χ3n) is 2.42. The van der Waals surface area contributed by atoms with Gasteiger partial charge in [0.05, 0.1) is 23.7 Å². The highest BCUT2D eigenvalue weighted by Crippen LogP contribution is 2.20. The number of anilines is 1. The summed E-state index contributed by atoms with van der Waals surface area (Å²) in [6.45, 7) is 2.37. The van der Waals surface area contributed by atoms with Crippen molar-refractivity contribution < 1.29 is 14.3 Å². The van der Waals surface area contributed by atoms with Gasteiger partial charge < -0.3 is 15.0 Å². The molecular formula is C13H17ClN2O3. The number of esters is 1. The van der Waals surface area contributed by atoms with Crippen LogP contribution in [0.15, 0.2) is 24.3 Å². The minimum atomic E-state index is -0.322. The summed E-state index contributed by atoms with van der Waals surface area (Å²) in [7, 11) is 1.60. The third kappa shape index (κ3) is 5.18. The zero-order chi connectivity index (χ0) is 14.3. The quantitative estimate of drug-likeness (QED) is 0.846. The molecule has 0 radical (unpaired) electrons. The number of carbonyl (C=O) groups excluding carboxylic acids is 2. The van der Waals surface area contributed by atoms with E-state index in [1.807, 2.05) is 0 Å². The van der Waals surface area contributed by atoms with Crippen molar-refractivity contribution in [1.29, 1.82) is 0 Å². The molecule has 19 heavy (non-hydrogen) atoms. The van der Waals surface area contributed by atoms with Crippen LogP contribution in [-0.2, 0) is 9.53 Å². The number of halogens is 1. The van der Waals surface area contributed by atoms with Gasteiger partial charge in [0.1, 0.15) is 0 Å². The standard InChI is InChI=1S/C13H17ClN2O3/c1-3-19-12(17)8-9-16(2)13(18)15-11-7-5-4-6-10(11)14/h4-7H,3,8-9H2,1-2H3,(H,15,18). The molecule has 0 saturated carbocycles. The summed E-state index contributed by atoms with van der Waals surface area (Å²) in [5.74, 6) is -0.320. The van der Waals surface area contributed by atoms with E-state index in [4.69, 9.17) is 16.3 Å². The van der Waals surface area contributed by atoms with Crippen molar-refractivity contribution in [3.8, 4) is 0 Å². The van der Waals surface area contributed by atoms with Crippen molar-refractivity contribution in [2.24, 2.45) is 0 Å². The first kappa shape index (κ1) is 15.3. The van der Waals surface area contributed by atoms with Crippen molar-refractivity contribution in [2.75, 3.05) is 25.5 Å².